The first-order chi connectivity index (χ1) is 13.1. The molecule has 0 unspecified atom stereocenters. The number of halogens is 1. The van der Waals surface area contributed by atoms with Crippen LogP contribution in [0.2, 0.25) is 0 Å². The van der Waals surface area contributed by atoms with Crippen molar-refractivity contribution in [3.8, 4) is 11.3 Å². The average molecular weight is 379 g/mol. The Labute approximate surface area is 157 Å². The molecule has 1 N–H and O–H groups in total. The Hall–Kier alpha value is -3.32. The van der Waals surface area contributed by atoms with Crippen LogP contribution >= 0.6 is 11.3 Å². The number of nitrogens with one attached hydrogen (secondary N) is 1. The summed E-state index contributed by atoms with van der Waals surface area (Å²) in [5.74, 6) is -0.861. The maximum Gasteiger partial charge on any atom is 0.271 e. The molecule has 2 aromatic heterocycles. The molecule has 2 heterocycles. The molecule has 4 aromatic rings. The number of fused-ring (bicyclic) bond motifs is 1. The van der Waals surface area contributed by atoms with Crippen LogP contribution in [0.25, 0.3) is 16.2 Å². The van der Waals surface area contributed by atoms with Gasteiger partial charge in [0.2, 0.25) is 0 Å². The molecule has 0 spiro atoms. The van der Waals surface area contributed by atoms with Crippen molar-refractivity contribution in [2.75, 3.05) is 0 Å². The normalized spacial score (nSPS) is 10.9. The van der Waals surface area contributed by atoms with Gasteiger partial charge in [0.05, 0.1) is 5.69 Å². The summed E-state index contributed by atoms with van der Waals surface area (Å²) in [4.78, 5) is 30.2. The molecule has 134 valence electrons. The standard InChI is InChI=1S/C20H14FN3O2S/c21-15-8-6-13(7-9-15)10-22-18(25)16-11-23-20-24(19(16)26)17(12-27-20)14-4-2-1-3-5-14/h1-9,11-12H,10H2,(H,22,25). The second-order valence-corrected chi connectivity index (χ2v) is 6.73. The maximum atomic E-state index is 13.0. The number of hydrogen-bond donors (Lipinski definition) is 1. The number of benzene rings is 2. The van der Waals surface area contributed by atoms with Crippen molar-refractivity contribution in [3.63, 3.8) is 0 Å². The van der Waals surface area contributed by atoms with Crippen molar-refractivity contribution in [2.24, 2.45) is 0 Å². The fraction of sp³-hybridized carbons (Fsp3) is 0.0500. The van der Waals surface area contributed by atoms with Gasteiger partial charge in [0.15, 0.2) is 4.96 Å². The number of rotatable bonds is 4. The molecule has 4 rings (SSSR count). The predicted molar refractivity (Wildman–Crippen MR) is 102 cm³/mol. The molecule has 5 nitrogen and oxygen atoms in total. The molecule has 0 aliphatic heterocycles. The van der Waals surface area contributed by atoms with Crippen molar-refractivity contribution in [1.82, 2.24) is 14.7 Å². The Morgan fingerprint density at radius 3 is 2.59 bits per heavy atom. The van der Waals surface area contributed by atoms with Crippen molar-refractivity contribution in [1.29, 1.82) is 0 Å². The minimum Gasteiger partial charge on any atom is -0.348 e. The lowest BCUT2D eigenvalue weighted by Crippen LogP contribution is -2.31. The number of hydrogen-bond acceptors (Lipinski definition) is 4. The van der Waals surface area contributed by atoms with E-state index in [2.05, 4.69) is 10.3 Å². The summed E-state index contributed by atoms with van der Waals surface area (Å²) in [5, 5.41) is 4.53. The third-order valence-corrected chi connectivity index (χ3v) is 4.97. The van der Waals surface area contributed by atoms with Gasteiger partial charge in [0.25, 0.3) is 11.5 Å². The third kappa shape index (κ3) is 3.37. The molecule has 0 saturated heterocycles. The van der Waals surface area contributed by atoms with E-state index in [-0.39, 0.29) is 17.9 Å². The zero-order valence-corrected chi connectivity index (χ0v) is 14.9. The first kappa shape index (κ1) is 17.1. The topological polar surface area (TPSA) is 63.5 Å². The molecule has 0 saturated carbocycles. The van der Waals surface area contributed by atoms with Gasteiger partial charge in [-0.1, -0.05) is 42.5 Å². The van der Waals surface area contributed by atoms with E-state index in [1.54, 1.807) is 12.1 Å². The average Bonchev–Trinajstić information content (AvgIpc) is 3.13. The molecule has 0 aliphatic rings. The fourth-order valence-electron chi connectivity index (χ4n) is 2.74. The Balaban J connectivity index is 1.66. The molecular formula is C20H14FN3O2S. The van der Waals surface area contributed by atoms with Crippen LogP contribution in [0.15, 0.2) is 71.0 Å². The van der Waals surface area contributed by atoms with Crippen LogP contribution in [0.3, 0.4) is 0 Å². The Bertz CT molecular complexity index is 1170. The van der Waals surface area contributed by atoms with Crippen LogP contribution in [0.5, 0.6) is 0 Å². The summed E-state index contributed by atoms with van der Waals surface area (Å²) >= 11 is 1.34. The van der Waals surface area contributed by atoms with E-state index in [0.717, 1.165) is 11.1 Å². The van der Waals surface area contributed by atoms with Gasteiger partial charge in [-0.25, -0.2) is 9.37 Å². The third-order valence-electron chi connectivity index (χ3n) is 4.13. The van der Waals surface area contributed by atoms with Crippen LogP contribution in [0.4, 0.5) is 4.39 Å². The van der Waals surface area contributed by atoms with E-state index in [9.17, 15) is 14.0 Å². The highest BCUT2D eigenvalue weighted by molar-refractivity contribution is 7.15. The monoisotopic (exact) mass is 379 g/mol. The number of nitrogens with zero attached hydrogens (tertiary/aromatic N) is 2. The summed E-state index contributed by atoms with van der Waals surface area (Å²) in [7, 11) is 0. The number of carbonyl (C=O) groups excluding carboxylic acids is 1. The second kappa shape index (κ2) is 7.13. The van der Waals surface area contributed by atoms with Gasteiger partial charge in [0, 0.05) is 18.1 Å². The zero-order valence-electron chi connectivity index (χ0n) is 14.1. The highest BCUT2D eigenvalue weighted by Crippen LogP contribution is 2.23. The summed E-state index contributed by atoms with van der Waals surface area (Å²) in [6, 6.07) is 15.3. The minimum atomic E-state index is -0.517. The maximum absolute atomic E-state index is 13.0. The highest BCUT2D eigenvalue weighted by atomic mass is 32.1. The predicted octanol–water partition coefficient (Wildman–Crippen LogP) is 3.49. The van der Waals surface area contributed by atoms with E-state index in [4.69, 9.17) is 0 Å². The Kier molecular flexibility index (Phi) is 4.52. The van der Waals surface area contributed by atoms with Gasteiger partial charge in [-0.05, 0) is 23.3 Å². The van der Waals surface area contributed by atoms with Crippen LogP contribution < -0.4 is 10.9 Å². The molecule has 27 heavy (non-hydrogen) atoms. The van der Waals surface area contributed by atoms with Crippen LogP contribution in [-0.2, 0) is 6.54 Å². The van der Waals surface area contributed by atoms with E-state index >= 15 is 0 Å². The summed E-state index contributed by atoms with van der Waals surface area (Å²) < 4.78 is 14.4. The Morgan fingerprint density at radius 1 is 1.11 bits per heavy atom. The zero-order chi connectivity index (χ0) is 18.8. The van der Waals surface area contributed by atoms with E-state index in [1.807, 2.05) is 35.7 Å². The number of carbonyl (C=O) groups is 1. The van der Waals surface area contributed by atoms with Crippen molar-refractivity contribution < 1.29 is 9.18 Å². The van der Waals surface area contributed by atoms with E-state index in [0.29, 0.717) is 10.7 Å². The first-order valence-electron chi connectivity index (χ1n) is 8.21. The van der Waals surface area contributed by atoms with Gasteiger partial charge in [-0.2, -0.15) is 0 Å². The molecule has 7 heteroatoms. The van der Waals surface area contributed by atoms with Gasteiger partial charge in [-0.3, -0.25) is 14.0 Å². The highest BCUT2D eigenvalue weighted by Gasteiger charge is 2.16. The molecule has 0 fully saturated rings. The van der Waals surface area contributed by atoms with E-state index in [1.165, 1.54) is 34.1 Å². The quantitative estimate of drug-likeness (QED) is 0.590. The summed E-state index contributed by atoms with van der Waals surface area (Å²) in [5.41, 5.74) is 1.85. The van der Waals surface area contributed by atoms with Gasteiger partial charge in [-0.15, -0.1) is 11.3 Å². The second-order valence-electron chi connectivity index (χ2n) is 5.89. The summed E-state index contributed by atoms with van der Waals surface area (Å²) in [6.07, 6.45) is 1.29. The van der Waals surface area contributed by atoms with Crippen LogP contribution in [-0.4, -0.2) is 15.3 Å². The molecule has 2 aromatic carbocycles. The van der Waals surface area contributed by atoms with Gasteiger partial charge < -0.3 is 5.32 Å². The lowest BCUT2D eigenvalue weighted by molar-refractivity contribution is 0.0949. The largest absolute Gasteiger partial charge is 0.348 e. The number of thiazole rings is 1. The number of amides is 1. The van der Waals surface area contributed by atoms with Crippen molar-refractivity contribution in [2.45, 2.75) is 6.54 Å². The lowest BCUT2D eigenvalue weighted by atomic mass is 10.2. The molecule has 0 aliphatic carbocycles. The SMILES string of the molecule is O=C(NCc1ccc(F)cc1)c1cnc2scc(-c3ccccc3)n2c1=O. The Morgan fingerprint density at radius 2 is 1.85 bits per heavy atom. The van der Waals surface area contributed by atoms with E-state index < -0.39 is 11.5 Å². The summed E-state index contributed by atoms with van der Waals surface area (Å²) in [6.45, 7) is 0.191. The fourth-order valence-corrected chi connectivity index (χ4v) is 3.60. The minimum absolute atomic E-state index is 0.0369. The van der Waals surface area contributed by atoms with Gasteiger partial charge in [0.1, 0.15) is 11.4 Å². The molecular weight excluding hydrogens is 365 g/mol. The van der Waals surface area contributed by atoms with Crippen LogP contribution in [0, 0.1) is 5.82 Å². The van der Waals surface area contributed by atoms with Gasteiger partial charge >= 0.3 is 0 Å². The number of aromatic nitrogens is 2. The molecule has 0 bridgehead atoms. The van der Waals surface area contributed by atoms with Crippen molar-refractivity contribution in [3.05, 3.63) is 93.5 Å². The van der Waals surface area contributed by atoms with Crippen molar-refractivity contribution >= 4 is 22.2 Å². The van der Waals surface area contributed by atoms with Crippen LogP contribution in [0.1, 0.15) is 15.9 Å². The lowest BCUT2D eigenvalue weighted by Gasteiger charge is -2.06. The smallest absolute Gasteiger partial charge is 0.271 e. The molecule has 0 atom stereocenters. The molecule has 1 amide bonds. The first-order valence-corrected chi connectivity index (χ1v) is 9.09. The molecule has 0 radical (unpaired) electrons.